The van der Waals surface area contributed by atoms with Gasteiger partial charge in [-0.05, 0) is 30.4 Å². The number of amides is 2. The molecule has 0 bridgehead atoms. The predicted molar refractivity (Wildman–Crippen MR) is 73.4 cm³/mol. The minimum atomic E-state index is -1.06. The highest BCUT2D eigenvalue weighted by Crippen LogP contribution is 2.23. The first kappa shape index (κ1) is 14.3. The summed E-state index contributed by atoms with van der Waals surface area (Å²) in [5, 5.41) is 14.3. The number of urea groups is 1. The van der Waals surface area contributed by atoms with E-state index in [1.165, 1.54) is 37.9 Å². The van der Waals surface area contributed by atoms with Crippen molar-refractivity contribution in [2.24, 2.45) is 5.92 Å². The highest BCUT2D eigenvalue weighted by Gasteiger charge is 2.15. The van der Waals surface area contributed by atoms with Crippen molar-refractivity contribution in [1.82, 2.24) is 15.6 Å². The topological polar surface area (TPSA) is 91.3 Å². The van der Waals surface area contributed by atoms with Crippen molar-refractivity contribution in [2.75, 3.05) is 6.54 Å². The fourth-order valence-corrected chi connectivity index (χ4v) is 2.35. The molecule has 1 saturated carbocycles. The first-order chi connectivity index (χ1) is 9.65. The summed E-state index contributed by atoms with van der Waals surface area (Å²) in [5.41, 5.74) is 0.769. The summed E-state index contributed by atoms with van der Waals surface area (Å²) in [6.45, 7) is 1.06. The zero-order valence-electron chi connectivity index (χ0n) is 11.3. The lowest BCUT2D eigenvalue weighted by Crippen LogP contribution is -2.37. The Morgan fingerprint density at radius 3 is 2.60 bits per heavy atom. The fourth-order valence-electron chi connectivity index (χ4n) is 2.35. The van der Waals surface area contributed by atoms with Crippen LogP contribution in [-0.4, -0.2) is 28.6 Å². The van der Waals surface area contributed by atoms with Crippen molar-refractivity contribution in [1.29, 1.82) is 0 Å². The normalized spacial score (nSPS) is 15.0. The lowest BCUT2D eigenvalue weighted by molar-refractivity contribution is 0.0690. The zero-order valence-corrected chi connectivity index (χ0v) is 11.3. The Labute approximate surface area is 117 Å². The Hall–Kier alpha value is -2.11. The molecule has 0 aliphatic heterocycles. The van der Waals surface area contributed by atoms with Gasteiger partial charge in [0, 0.05) is 19.3 Å². The molecule has 6 nitrogen and oxygen atoms in total. The number of carboxylic acid groups (broad SMARTS) is 1. The molecule has 20 heavy (non-hydrogen) atoms. The Kier molecular flexibility index (Phi) is 4.92. The third kappa shape index (κ3) is 4.22. The molecule has 2 amide bonds. The quantitative estimate of drug-likeness (QED) is 0.765. The van der Waals surface area contributed by atoms with Gasteiger partial charge < -0.3 is 15.7 Å². The monoisotopic (exact) mass is 277 g/mol. The van der Waals surface area contributed by atoms with Crippen molar-refractivity contribution in [3.05, 3.63) is 29.6 Å². The molecular formula is C14H19N3O3. The molecule has 0 aromatic carbocycles. The molecule has 1 heterocycles. The Balaban J connectivity index is 1.70. The third-order valence-electron chi connectivity index (χ3n) is 3.52. The van der Waals surface area contributed by atoms with E-state index in [0.29, 0.717) is 12.5 Å². The van der Waals surface area contributed by atoms with Gasteiger partial charge in [-0.1, -0.05) is 18.9 Å². The molecule has 3 N–H and O–H groups in total. The van der Waals surface area contributed by atoms with E-state index in [1.807, 2.05) is 0 Å². The van der Waals surface area contributed by atoms with Gasteiger partial charge in [-0.3, -0.25) is 0 Å². The van der Waals surface area contributed by atoms with E-state index in [2.05, 4.69) is 15.6 Å². The number of aromatic nitrogens is 1. The van der Waals surface area contributed by atoms with Crippen LogP contribution in [0.4, 0.5) is 4.79 Å². The van der Waals surface area contributed by atoms with Crippen molar-refractivity contribution in [2.45, 2.75) is 32.2 Å². The van der Waals surface area contributed by atoms with Crippen LogP contribution in [0.1, 0.15) is 41.7 Å². The van der Waals surface area contributed by atoms with Crippen LogP contribution in [0.2, 0.25) is 0 Å². The zero-order chi connectivity index (χ0) is 14.4. The summed E-state index contributed by atoms with van der Waals surface area (Å²) in [5.74, 6) is -0.448. The molecule has 6 heteroatoms. The molecule has 0 radical (unpaired) electrons. The third-order valence-corrected chi connectivity index (χ3v) is 3.52. The van der Waals surface area contributed by atoms with E-state index in [1.54, 1.807) is 6.07 Å². The molecule has 0 saturated heterocycles. The number of carbonyl (C=O) groups is 2. The number of rotatable bonds is 5. The van der Waals surface area contributed by atoms with Crippen LogP contribution in [0, 0.1) is 5.92 Å². The van der Waals surface area contributed by atoms with Crippen molar-refractivity contribution < 1.29 is 14.7 Å². The lowest BCUT2D eigenvalue weighted by Gasteiger charge is -2.11. The van der Waals surface area contributed by atoms with Crippen LogP contribution in [0.15, 0.2) is 18.3 Å². The van der Waals surface area contributed by atoms with Crippen molar-refractivity contribution in [3.63, 3.8) is 0 Å². The first-order valence-corrected chi connectivity index (χ1v) is 6.85. The minimum Gasteiger partial charge on any atom is -0.477 e. The number of hydrogen-bond acceptors (Lipinski definition) is 3. The molecular weight excluding hydrogens is 258 g/mol. The Morgan fingerprint density at radius 1 is 1.25 bits per heavy atom. The summed E-state index contributed by atoms with van der Waals surface area (Å²) in [4.78, 5) is 26.1. The molecule has 108 valence electrons. The molecule has 0 spiro atoms. The molecule has 1 aromatic heterocycles. The molecule has 1 aromatic rings. The van der Waals surface area contributed by atoms with E-state index in [4.69, 9.17) is 5.11 Å². The minimum absolute atomic E-state index is 0.000523. The highest BCUT2D eigenvalue weighted by atomic mass is 16.4. The van der Waals surface area contributed by atoms with E-state index in [0.717, 1.165) is 12.1 Å². The van der Waals surface area contributed by atoms with E-state index < -0.39 is 5.97 Å². The molecule has 0 atom stereocenters. The van der Waals surface area contributed by atoms with Gasteiger partial charge in [-0.2, -0.15) is 0 Å². The second-order valence-electron chi connectivity index (χ2n) is 5.07. The molecule has 0 unspecified atom stereocenters. The number of hydrogen-bond donors (Lipinski definition) is 3. The number of carboxylic acids is 1. The Bertz CT molecular complexity index is 467. The SMILES string of the molecule is O=C(NCc1ccc(C(=O)O)nc1)NCC1CCCC1. The number of nitrogens with zero attached hydrogens (tertiary/aromatic N) is 1. The van der Waals surface area contributed by atoms with Crippen LogP contribution in [-0.2, 0) is 6.54 Å². The van der Waals surface area contributed by atoms with Gasteiger partial charge in [0.25, 0.3) is 0 Å². The van der Waals surface area contributed by atoms with E-state index in [-0.39, 0.29) is 11.7 Å². The van der Waals surface area contributed by atoms with Gasteiger partial charge in [-0.25, -0.2) is 14.6 Å². The van der Waals surface area contributed by atoms with Gasteiger partial charge in [-0.15, -0.1) is 0 Å². The Morgan fingerprint density at radius 2 is 2.00 bits per heavy atom. The maximum atomic E-state index is 11.6. The van der Waals surface area contributed by atoms with Crippen LogP contribution >= 0.6 is 0 Å². The number of nitrogens with one attached hydrogen (secondary N) is 2. The molecule has 2 rings (SSSR count). The lowest BCUT2D eigenvalue weighted by atomic mass is 10.1. The smallest absolute Gasteiger partial charge is 0.354 e. The van der Waals surface area contributed by atoms with Gasteiger partial charge in [0.1, 0.15) is 5.69 Å². The molecule has 1 aliphatic rings. The summed E-state index contributed by atoms with van der Waals surface area (Å²) in [6, 6.07) is 2.88. The van der Waals surface area contributed by atoms with Crippen LogP contribution in [0.5, 0.6) is 0 Å². The van der Waals surface area contributed by atoms with Crippen molar-refractivity contribution in [3.8, 4) is 0 Å². The predicted octanol–water partition coefficient (Wildman–Crippen LogP) is 1.77. The maximum Gasteiger partial charge on any atom is 0.354 e. The average molecular weight is 277 g/mol. The second kappa shape index (κ2) is 6.88. The summed E-state index contributed by atoms with van der Waals surface area (Å²) < 4.78 is 0. The largest absolute Gasteiger partial charge is 0.477 e. The number of aromatic carboxylic acids is 1. The highest BCUT2D eigenvalue weighted by molar-refractivity contribution is 5.85. The maximum absolute atomic E-state index is 11.6. The van der Waals surface area contributed by atoms with Crippen LogP contribution in [0.3, 0.4) is 0 Å². The number of pyridine rings is 1. The van der Waals surface area contributed by atoms with Crippen molar-refractivity contribution >= 4 is 12.0 Å². The first-order valence-electron chi connectivity index (χ1n) is 6.85. The molecule has 1 aliphatic carbocycles. The molecule has 1 fully saturated rings. The van der Waals surface area contributed by atoms with Gasteiger partial charge >= 0.3 is 12.0 Å². The fraction of sp³-hybridized carbons (Fsp3) is 0.500. The van der Waals surface area contributed by atoms with Crippen LogP contribution < -0.4 is 10.6 Å². The second-order valence-corrected chi connectivity index (χ2v) is 5.07. The van der Waals surface area contributed by atoms with Gasteiger partial charge in [0.15, 0.2) is 0 Å². The van der Waals surface area contributed by atoms with Gasteiger partial charge in [0.05, 0.1) is 0 Å². The summed E-state index contributed by atoms with van der Waals surface area (Å²) in [6.07, 6.45) is 6.37. The summed E-state index contributed by atoms with van der Waals surface area (Å²) >= 11 is 0. The van der Waals surface area contributed by atoms with Crippen LogP contribution in [0.25, 0.3) is 0 Å². The summed E-state index contributed by atoms with van der Waals surface area (Å²) in [7, 11) is 0. The van der Waals surface area contributed by atoms with Gasteiger partial charge in [0.2, 0.25) is 0 Å². The van der Waals surface area contributed by atoms with E-state index >= 15 is 0 Å². The average Bonchev–Trinajstić information content (AvgIpc) is 2.96. The number of carbonyl (C=O) groups excluding carboxylic acids is 1. The van der Waals surface area contributed by atoms with E-state index in [9.17, 15) is 9.59 Å². The standard InChI is InChI=1S/C14H19N3O3/c18-13(19)12-6-5-11(8-15-12)9-17-14(20)16-7-10-3-1-2-4-10/h5-6,8,10H,1-4,7,9H2,(H,18,19)(H2,16,17,20).